The van der Waals surface area contributed by atoms with Crippen molar-refractivity contribution in [2.75, 3.05) is 24.3 Å². The molecule has 26 heavy (non-hydrogen) atoms. The second-order valence-corrected chi connectivity index (χ2v) is 6.00. The van der Waals surface area contributed by atoms with E-state index in [4.69, 9.17) is 0 Å². The molecule has 8 heteroatoms. The van der Waals surface area contributed by atoms with Gasteiger partial charge in [-0.2, -0.15) is 0 Å². The van der Waals surface area contributed by atoms with Gasteiger partial charge in [0.15, 0.2) is 0 Å². The average Bonchev–Trinajstić information content (AvgIpc) is 2.59. The van der Waals surface area contributed by atoms with Crippen LogP contribution in [0.2, 0.25) is 0 Å². The standard InChI is InChI=1S/C18H17FN4O3/c1-22(2)13-6-4-12(5-7-13)20-16(24)10-23-15-8-3-11(19)9-14(15)21-17(25)18(23)26/h3-9H,10H2,1-2H3,(H,20,24)(H,21,25). The Kier molecular flexibility index (Phi) is 4.57. The number of H-pyrrole nitrogens is 1. The second kappa shape index (κ2) is 6.83. The summed E-state index contributed by atoms with van der Waals surface area (Å²) in [6.45, 7) is -0.361. The van der Waals surface area contributed by atoms with Crippen molar-refractivity contribution in [2.24, 2.45) is 0 Å². The van der Waals surface area contributed by atoms with Crippen LogP contribution in [0.15, 0.2) is 52.1 Å². The number of nitrogens with one attached hydrogen (secondary N) is 2. The van der Waals surface area contributed by atoms with E-state index in [-0.39, 0.29) is 17.6 Å². The number of rotatable bonds is 4. The minimum Gasteiger partial charge on any atom is -0.378 e. The average molecular weight is 356 g/mol. The van der Waals surface area contributed by atoms with Gasteiger partial charge in [0.1, 0.15) is 12.4 Å². The maximum Gasteiger partial charge on any atom is 0.317 e. The molecule has 0 aliphatic carbocycles. The van der Waals surface area contributed by atoms with Crippen molar-refractivity contribution in [1.82, 2.24) is 9.55 Å². The molecule has 134 valence electrons. The Bertz CT molecular complexity index is 1080. The van der Waals surface area contributed by atoms with E-state index in [1.54, 1.807) is 12.1 Å². The molecule has 3 rings (SSSR count). The summed E-state index contributed by atoms with van der Waals surface area (Å²) < 4.78 is 14.4. The number of halogens is 1. The highest BCUT2D eigenvalue weighted by atomic mass is 19.1. The van der Waals surface area contributed by atoms with Gasteiger partial charge in [0.25, 0.3) is 0 Å². The fraction of sp³-hybridized carbons (Fsp3) is 0.167. The number of hydrogen-bond acceptors (Lipinski definition) is 4. The van der Waals surface area contributed by atoms with E-state index in [1.807, 2.05) is 31.1 Å². The van der Waals surface area contributed by atoms with Gasteiger partial charge in [-0.1, -0.05) is 0 Å². The van der Waals surface area contributed by atoms with Gasteiger partial charge in [0.2, 0.25) is 5.91 Å². The van der Waals surface area contributed by atoms with Crippen LogP contribution in [0.3, 0.4) is 0 Å². The Morgan fingerprint density at radius 3 is 2.50 bits per heavy atom. The van der Waals surface area contributed by atoms with Crippen LogP contribution < -0.4 is 21.3 Å². The Labute approximate surface area is 147 Å². The van der Waals surface area contributed by atoms with Gasteiger partial charge in [0.05, 0.1) is 11.0 Å². The number of amides is 1. The first kappa shape index (κ1) is 17.4. The molecule has 0 radical (unpaired) electrons. The van der Waals surface area contributed by atoms with Crippen LogP contribution in [0.4, 0.5) is 15.8 Å². The summed E-state index contributed by atoms with van der Waals surface area (Å²) in [7, 11) is 3.81. The lowest BCUT2D eigenvalue weighted by Gasteiger charge is -2.13. The van der Waals surface area contributed by atoms with Crippen molar-refractivity contribution in [3.8, 4) is 0 Å². The first-order valence-electron chi connectivity index (χ1n) is 7.85. The molecule has 1 aromatic heterocycles. The van der Waals surface area contributed by atoms with E-state index in [2.05, 4.69) is 10.3 Å². The van der Waals surface area contributed by atoms with E-state index in [0.29, 0.717) is 5.69 Å². The predicted molar refractivity (Wildman–Crippen MR) is 98.2 cm³/mol. The maximum atomic E-state index is 13.3. The number of carbonyl (C=O) groups is 1. The fourth-order valence-corrected chi connectivity index (χ4v) is 2.60. The van der Waals surface area contributed by atoms with Gasteiger partial charge >= 0.3 is 11.1 Å². The largest absolute Gasteiger partial charge is 0.378 e. The molecule has 1 heterocycles. The van der Waals surface area contributed by atoms with Gasteiger partial charge in [-0.15, -0.1) is 0 Å². The van der Waals surface area contributed by atoms with Gasteiger partial charge in [-0.3, -0.25) is 19.0 Å². The summed E-state index contributed by atoms with van der Waals surface area (Å²) in [6.07, 6.45) is 0. The molecule has 0 saturated carbocycles. The third kappa shape index (κ3) is 3.49. The van der Waals surface area contributed by atoms with Crippen LogP contribution in [-0.2, 0) is 11.3 Å². The lowest BCUT2D eigenvalue weighted by atomic mass is 10.2. The highest BCUT2D eigenvalue weighted by Crippen LogP contribution is 2.16. The Balaban J connectivity index is 1.88. The van der Waals surface area contributed by atoms with Crippen molar-refractivity contribution in [3.63, 3.8) is 0 Å². The maximum absolute atomic E-state index is 13.3. The molecule has 0 aliphatic heterocycles. The molecule has 0 bridgehead atoms. The summed E-state index contributed by atoms with van der Waals surface area (Å²) in [4.78, 5) is 40.4. The van der Waals surface area contributed by atoms with Crippen LogP contribution in [0.5, 0.6) is 0 Å². The SMILES string of the molecule is CN(C)c1ccc(NC(=O)Cn2c(=O)c(=O)[nH]c3cc(F)ccc32)cc1. The van der Waals surface area contributed by atoms with E-state index in [1.165, 1.54) is 6.07 Å². The van der Waals surface area contributed by atoms with Crippen LogP contribution in [0, 0.1) is 5.82 Å². The van der Waals surface area contributed by atoms with Crippen LogP contribution in [0.1, 0.15) is 0 Å². The topological polar surface area (TPSA) is 87.2 Å². The molecule has 7 nitrogen and oxygen atoms in total. The summed E-state index contributed by atoms with van der Waals surface area (Å²) in [6, 6.07) is 10.8. The Morgan fingerprint density at radius 1 is 1.15 bits per heavy atom. The minimum absolute atomic E-state index is 0.151. The highest BCUT2D eigenvalue weighted by molar-refractivity contribution is 5.91. The number of hydrogen-bond donors (Lipinski definition) is 2. The number of nitrogens with zero attached hydrogens (tertiary/aromatic N) is 2. The summed E-state index contributed by atoms with van der Waals surface area (Å²) >= 11 is 0. The van der Waals surface area contributed by atoms with Crippen molar-refractivity contribution in [3.05, 3.63) is 69.0 Å². The van der Waals surface area contributed by atoms with E-state index < -0.39 is 22.8 Å². The highest BCUT2D eigenvalue weighted by Gasteiger charge is 2.12. The summed E-state index contributed by atoms with van der Waals surface area (Å²) in [5, 5.41) is 2.68. The smallest absolute Gasteiger partial charge is 0.317 e. The molecular formula is C18H17FN4O3. The molecule has 0 aliphatic rings. The van der Waals surface area contributed by atoms with Crippen LogP contribution >= 0.6 is 0 Å². The zero-order valence-corrected chi connectivity index (χ0v) is 14.2. The molecule has 1 amide bonds. The van der Waals surface area contributed by atoms with Crippen LogP contribution in [-0.4, -0.2) is 29.6 Å². The summed E-state index contributed by atoms with van der Waals surface area (Å²) in [5.41, 5.74) is 0.177. The lowest BCUT2D eigenvalue weighted by molar-refractivity contribution is -0.116. The molecule has 0 spiro atoms. The van der Waals surface area contributed by atoms with Gasteiger partial charge in [0, 0.05) is 25.5 Å². The number of aromatic amines is 1. The zero-order valence-electron chi connectivity index (χ0n) is 14.2. The number of fused-ring (bicyclic) bond motifs is 1. The first-order valence-corrected chi connectivity index (χ1v) is 7.85. The lowest BCUT2D eigenvalue weighted by Crippen LogP contribution is -2.38. The van der Waals surface area contributed by atoms with E-state index in [9.17, 15) is 18.8 Å². The molecule has 2 aromatic carbocycles. The number of aromatic nitrogens is 2. The monoisotopic (exact) mass is 356 g/mol. The van der Waals surface area contributed by atoms with E-state index >= 15 is 0 Å². The normalized spacial score (nSPS) is 10.7. The van der Waals surface area contributed by atoms with Crippen molar-refractivity contribution in [2.45, 2.75) is 6.54 Å². The quantitative estimate of drug-likeness (QED) is 0.694. The van der Waals surface area contributed by atoms with Crippen molar-refractivity contribution >= 4 is 28.3 Å². The van der Waals surface area contributed by atoms with Gasteiger partial charge < -0.3 is 15.2 Å². The molecular weight excluding hydrogens is 339 g/mol. The molecule has 0 unspecified atom stereocenters. The molecule has 0 saturated heterocycles. The molecule has 0 atom stereocenters. The molecule has 2 N–H and O–H groups in total. The second-order valence-electron chi connectivity index (χ2n) is 6.00. The number of anilines is 2. The predicted octanol–water partition coefficient (Wildman–Crippen LogP) is 1.53. The van der Waals surface area contributed by atoms with E-state index in [0.717, 1.165) is 22.4 Å². The number of benzene rings is 2. The summed E-state index contributed by atoms with van der Waals surface area (Å²) in [5.74, 6) is -1.02. The minimum atomic E-state index is -0.911. The van der Waals surface area contributed by atoms with Crippen molar-refractivity contribution < 1.29 is 9.18 Å². The van der Waals surface area contributed by atoms with Gasteiger partial charge in [-0.25, -0.2) is 4.39 Å². The van der Waals surface area contributed by atoms with Crippen LogP contribution in [0.25, 0.3) is 11.0 Å². The number of carbonyl (C=O) groups excluding carboxylic acids is 1. The molecule has 3 aromatic rings. The Morgan fingerprint density at radius 2 is 1.85 bits per heavy atom. The first-order chi connectivity index (χ1) is 12.3. The fourth-order valence-electron chi connectivity index (χ4n) is 2.60. The third-order valence-electron chi connectivity index (χ3n) is 3.91. The zero-order chi connectivity index (χ0) is 18.8. The third-order valence-corrected chi connectivity index (χ3v) is 3.91. The molecule has 0 fully saturated rings. The Hall–Kier alpha value is -3.42. The van der Waals surface area contributed by atoms with Gasteiger partial charge in [-0.05, 0) is 42.5 Å². The van der Waals surface area contributed by atoms with Crippen molar-refractivity contribution in [1.29, 1.82) is 0 Å².